The summed E-state index contributed by atoms with van der Waals surface area (Å²) >= 11 is 20.8. The summed E-state index contributed by atoms with van der Waals surface area (Å²) in [5.41, 5.74) is 1.61. The molecule has 3 nitrogen and oxygen atoms in total. The standard InChI is InChI=1S/C13H13Cl3N2OS2/c1-8-2-4-9(5-3-8)10(19)18-11(13(14,15)16)21-12-17-6-7-20-12/h2-5,11H,6-7H2,1H3,(H,18,19)/t11-/m0/s1. The summed E-state index contributed by atoms with van der Waals surface area (Å²) in [6, 6.07) is 7.21. The van der Waals surface area contributed by atoms with Gasteiger partial charge in [-0.3, -0.25) is 9.79 Å². The van der Waals surface area contributed by atoms with Gasteiger partial charge in [-0.05, 0) is 19.1 Å². The number of nitrogens with one attached hydrogen (secondary N) is 1. The summed E-state index contributed by atoms with van der Waals surface area (Å²) in [6.07, 6.45) is 0. The molecule has 0 aromatic heterocycles. The molecule has 1 aromatic rings. The lowest BCUT2D eigenvalue weighted by molar-refractivity contribution is 0.0950. The Morgan fingerprint density at radius 2 is 2.05 bits per heavy atom. The number of thioether (sulfide) groups is 2. The van der Waals surface area contributed by atoms with Crippen molar-refractivity contribution < 1.29 is 4.79 Å². The van der Waals surface area contributed by atoms with Crippen LogP contribution in [-0.4, -0.2) is 31.7 Å². The third kappa shape index (κ3) is 5.25. The molecule has 0 radical (unpaired) electrons. The quantitative estimate of drug-likeness (QED) is 0.626. The third-order valence-electron chi connectivity index (χ3n) is 2.65. The van der Waals surface area contributed by atoms with Crippen molar-refractivity contribution in [3.05, 3.63) is 35.4 Å². The molecule has 1 atom stereocenters. The number of carbonyl (C=O) groups excluding carboxylic acids is 1. The highest BCUT2D eigenvalue weighted by Crippen LogP contribution is 2.39. The fraction of sp³-hybridized carbons (Fsp3) is 0.385. The first-order valence-electron chi connectivity index (χ1n) is 6.14. The van der Waals surface area contributed by atoms with E-state index in [4.69, 9.17) is 34.8 Å². The van der Waals surface area contributed by atoms with Crippen LogP contribution >= 0.6 is 58.3 Å². The molecule has 1 aliphatic heterocycles. The number of halogens is 3. The molecule has 2 rings (SSSR count). The van der Waals surface area contributed by atoms with Gasteiger partial charge in [-0.2, -0.15) is 0 Å². The molecule has 1 N–H and O–H groups in total. The van der Waals surface area contributed by atoms with Gasteiger partial charge in [0.1, 0.15) is 9.75 Å². The molecule has 1 amide bonds. The molecule has 0 saturated heterocycles. The van der Waals surface area contributed by atoms with Gasteiger partial charge >= 0.3 is 0 Å². The lowest BCUT2D eigenvalue weighted by Gasteiger charge is -2.24. The highest BCUT2D eigenvalue weighted by molar-refractivity contribution is 8.39. The minimum Gasteiger partial charge on any atom is -0.336 e. The second-order valence-electron chi connectivity index (χ2n) is 4.38. The highest BCUT2D eigenvalue weighted by atomic mass is 35.6. The van der Waals surface area contributed by atoms with Crippen molar-refractivity contribution >= 4 is 68.6 Å². The number of hydrogen-bond donors (Lipinski definition) is 1. The van der Waals surface area contributed by atoms with Crippen molar-refractivity contribution in [2.24, 2.45) is 4.99 Å². The number of rotatable bonds is 3. The van der Waals surface area contributed by atoms with Crippen LogP contribution in [0.4, 0.5) is 0 Å². The van der Waals surface area contributed by atoms with Gasteiger partial charge in [0.15, 0.2) is 0 Å². The molecule has 0 unspecified atom stereocenters. The Morgan fingerprint density at radius 3 is 2.57 bits per heavy atom. The Morgan fingerprint density at radius 1 is 1.38 bits per heavy atom. The molecule has 0 saturated carbocycles. The number of carbonyl (C=O) groups is 1. The molecule has 0 bridgehead atoms. The third-order valence-corrected chi connectivity index (χ3v) is 6.14. The van der Waals surface area contributed by atoms with E-state index in [2.05, 4.69) is 10.3 Å². The summed E-state index contributed by atoms with van der Waals surface area (Å²) in [5, 5.41) is 2.06. The van der Waals surface area contributed by atoms with Gasteiger partial charge in [0.25, 0.3) is 5.91 Å². The Hall–Kier alpha value is -0.0700. The first kappa shape index (κ1) is 17.3. The molecule has 1 aliphatic rings. The average Bonchev–Trinajstić information content (AvgIpc) is 2.90. The smallest absolute Gasteiger partial charge is 0.252 e. The van der Waals surface area contributed by atoms with E-state index in [1.165, 1.54) is 11.8 Å². The molecule has 21 heavy (non-hydrogen) atoms. The largest absolute Gasteiger partial charge is 0.336 e. The second-order valence-corrected chi connectivity index (χ2v) is 9.18. The lowest BCUT2D eigenvalue weighted by Crippen LogP contribution is -2.41. The van der Waals surface area contributed by atoms with E-state index in [9.17, 15) is 4.79 Å². The van der Waals surface area contributed by atoms with Gasteiger partial charge in [-0.1, -0.05) is 76.0 Å². The number of aryl methyl sites for hydroxylation is 1. The number of benzene rings is 1. The molecule has 1 aromatic carbocycles. The average molecular weight is 384 g/mol. The molecule has 8 heteroatoms. The normalized spacial score (nSPS) is 16.5. The maximum Gasteiger partial charge on any atom is 0.252 e. The van der Waals surface area contributed by atoms with Crippen molar-refractivity contribution in [2.45, 2.75) is 16.1 Å². The minimum absolute atomic E-state index is 0.276. The molecular weight excluding hydrogens is 371 g/mol. The van der Waals surface area contributed by atoms with Crippen LogP contribution in [0.25, 0.3) is 0 Å². The van der Waals surface area contributed by atoms with Crippen molar-refractivity contribution in [3.8, 4) is 0 Å². The van der Waals surface area contributed by atoms with Crippen LogP contribution in [0, 0.1) is 6.92 Å². The van der Waals surface area contributed by atoms with Crippen molar-refractivity contribution in [3.63, 3.8) is 0 Å². The Labute approximate surface area is 147 Å². The zero-order valence-corrected chi connectivity index (χ0v) is 15.0. The Kier molecular flexibility index (Phi) is 6.15. The first-order valence-corrected chi connectivity index (χ1v) is 9.14. The number of alkyl halides is 3. The number of aliphatic imine (C=N–C) groups is 1. The molecule has 114 valence electrons. The van der Waals surface area contributed by atoms with Gasteiger partial charge in [0.2, 0.25) is 3.79 Å². The SMILES string of the molecule is Cc1ccc(C(=O)N[C@@H](SC2=NCCS2)C(Cl)(Cl)Cl)cc1. The monoisotopic (exact) mass is 382 g/mol. The van der Waals surface area contributed by atoms with Gasteiger partial charge in [0.05, 0.1) is 6.54 Å². The first-order chi connectivity index (χ1) is 9.86. The van der Waals surface area contributed by atoms with E-state index in [0.717, 1.165) is 22.2 Å². The Balaban J connectivity index is 2.07. The van der Waals surface area contributed by atoms with Crippen LogP contribution in [-0.2, 0) is 0 Å². The number of hydrogen-bond acceptors (Lipinski definition) is 4. The van der Waals surface area contributed by atoms with Crippen molar-refractivity contribution in [2.75, 3.05) is 12.3 Å². The van der Waals surface area contributed by atoms with Crippen LogP contribution in [0.15, 0.2) is 29.3 Å². The maximum atomic E-state index is 12.2. The predicted octanol–water partition coefficient (Wildman–Crippen LogP) is 4.26. The van der Waals surface area contributed by atoms with Crippen LogP contribution in [0.3, 0.4) is 0 Å². The van der Waals surface area contributed by atoms with Gasteiger partial charge in [-0.15, -0.1) is 0 Å². The fourth-order valence-electron chi connectivity index (χ4n) is 1.57. The van der Waals surface area contributed by atoms with E-state index in [1.54, 1.807) is 23.9 Å². The molecular formula is C13H13Cl3N2OS2. The van der Waals surface area contributed by atoms with E-state index in [0.29, 0.717) is 5.56 Å². The van der Waals surface area contributed by atoms with E-state index < -0.39 is 9.17 Å². The topological polar surface area (TPSA) is 41.5 Å². The van der Waals surface area contributed by atoms with Gasteiger partial charge < -0.3 is 5.32 Å². The maximum absolute atomic E-state index is 12.2. The number of nitrogens with zero attached hydrogens (tertiary/aromatic N) is 1. The molecule has 1 heterocycles. The zero-order valence-electron chi connectivity index (χ0n) is 11.1. The molecule has 0 spiro atoms. The fourth-order valence-corrected chi connectivity index (χ4v) is 4.16. The summed E-state index contributed by atoms with van der Waals surface area (Å²) < 4.78 is -0.785. The highest BCUT2D eigenvalue weighted by Gasteiger charge is 2.36. The minimum atomic E-state index is -1.61. The van der Waals surface area contributed by atoms with Crippen LogP contribution < -0.4 is 5.32 Å². The van der Waals surface area contributed by atoms with E-state index in [1.807, 2.05) is 19.1 Å². The second kappa shape index (κ2) is 7.47. The lowest BCUT2D eigenvalue weighted by atomic mass is 10.1. The zero-order chi connectivity index (χ0) is 15.5. The van der Waals surface area contributed by atoms with Crippen molar-refractivity contribution in [1.29, 1.82) is 0 Å². The van der Waals surface area contributed by atoms with Crippen molar-refractivity contribution in [1.82, 2.24) is 5.32 Å². The summed E-state index contributed by atoms with van der Waals surface area (Å²) in [5.74, 6) is 0.642. The van der Waals surface area contributed by atoms with Gasteiger partial charge in [-0.25, -0.2) is 0 Å². The van der Waals surface area contributed by atoms with E-state index in [-0.39, 0.29) is 5.91 Å². The summed E-state index contributed by atoms with van der Waals surface area (Å²) in [4.78, 5) is 16.5. The van der Waals surface area contributed by atoms with Crippen LogP contribution in [0.2, 0.25) is 0 Å². The summed E-state index contributed by atoms with van der Waals surface area (Å²) in [6.45, 7) is 2.71. The van der Waals surface area contributed by atoms with Crippen LogP contribution in [0.1, 0.15) is 15.9 Å². The van der Waals surface area contributed by atoms with E-state index >= 15 is 0 Å². The predicted molar refractivity (Wildman–Crippen MR) is 95.1 cm³/mol. The van der Waals surface area contributed by atoms with Crippen LogP contribution in [0.5, 0.6) is 0 Å². The number of amides is 1. The van der Waals surface area contributed by atoms with Gasteiger partial charge in [0, 0.05) is 11.3 Å². The Bertz CT molecular complexity index is 543. The molecule has 0 fully saturated rings. The molecule has 0 aliphatic carbocycles. The summed E-state index contributed by atoms with van der Waals surface area (Å²) in [7, 11) is 0.